The molecule has 0 bridgehead atoms. The lowest BCUT2D eigenvalue weighted by Gasteiger charge is -2.20. The van der Waals surface area contributed by atoms with E-state index in [1.165, 1.54) is 9.75 Å². The van der Waals surface area contributed by atoms with Gasteiger partial charge in [0, 0.05) is 28.7 Å². The molecule has 4 heteroatoms. The fourth-order valence-corrected chi connectivity index (χ4v) is 3.50. The fraction of sp³-hybridized carbons (Fsp3) is 0.615. The molecule has 1 aliphatic heterocycles. The summed E-state index contributed by atoms with van der Waals surface area (Å²) in [5.41, 5.74) is 0.941. The number of rotatable bonds is 4. The molecule has 94 valence electrons. The summed E-state index contributed by atoms with van der Waals surface area (Å²) in [6, 6.07) is 2.04. The summed E-state index contributed by atoms with van der Waals surface area (Å²) in [5.74, 6) is 0.904. The summed E-state index contributed by atoms with van der Waals surface area (Å²) in [6.07, 6.45) is 4.12. The molecule has 0 spiro atoms. The van der Waals surface area contributed by atoms with Crippen molar-refractivity contribution in [1.82, 2.24) is 4.90 Å². The van der Waals surface area contributed by atoms with Crippen molar-refractivity contribution in [2.75, 3.05) is 19.0 Å². The lowest BCUT2D eigenvalue weighted by atomic mass is 10.2. The Kier molecular flexibility index (Phi) is 4.46. The van der Waals surface area contributed by atoms with Crippen molar-refractivity contribution in [1.29, 1.82) is 0 Å². The number of thiophene rings is 1. The second kappa shape index (κ2) is 5.87. The van der Waals surface area contributed by atoms with Crippen LogP contribution in [0.4, 0.5) is 0 Å². The molecule has 0 aromatic carbocycles. The van der Waals surface area contributed by atoms with Crippen LogP contribution in [0.5, 0.6) is 0 Å². The van der Waals surface area contributed by atoms with Crippen molar-refractivity contribution in [2.24, 2.45) is 0 Å². The average molecular weight is 272 g/mol. The molecule has 2 rings (SSSR count). The Morgan fingerprint density at radius 1 is 1.47 bits per heavy atom. The first-order chi connectivity index (χ1) is 8.22. The summed E-state index contributed by atoms with van der Waals surface area (Å²) in [4.78, 5) is 16.8. The molecule has 0 saturated heterocycles. The number of halogens is 1. The zero-order valence-corrected chi connectivity index (χ0v) is 11.7. The highest BCUT2D eigenvalue weighted by atomic mass is 35.5. The first kappa shape index (κ1) is 12.9. The van der Waals surface area contributed by atoms with Gasteiger partial charge in [0.2, 0.25) is 0 Å². The van der Waals surface area contributed by atoms with Gasteiger partial charge in [0.25, 0.3) is 5.91 Å². The van der Waals surface area contributed by atoms with Crippen LogP contribution in [0.1, 0.15) is 39.4 Å². The molecule has 1 amide bonds. The summed E-state index contributed by atoms with van der Waals surface area (Å²) in [6.45, 7) is 3.81. The van der Waals surface area contributed by atoms with Crippen molar-refractivity contribution in [3.05, 3.63) is 21.4 Å². The van der Waals surface area contributed by atoms with Gasteiger partial charge in [0.1, 0.15) is 0 Å². The number of nitrogens with zero attached hydrogens (tertiary/aromatic N) is 1. The van der Waals surface area contributed by atoms with Gasteiger partial charge in [-0.2, -0.15) is 0 Å². The average Bonchev–Trinajstić information content (AvgIpc) is 2.61. The largest absolute Gasteiger partial charge is 0.339 e. The predicted octanol–water partition coefficient (Wildman–Crippen LogP) is 3.46. The standard InChI is InChI=1S/C13H18ClNOS/c1-10-9-11-12(17-10)5-4-8-15(13(11)16)7-3-2-6-14/h9H,2-8H2,1H3. The van der Waals surface area contributed by atoms with Crippen molar-refractivity contribution < 1.29 is 4.79 Å². The topological polar surface area (TPSA) is 20.3 Å². The molecule has 1 aromatic heterocycles. The minimum atomic E-state index is 0.219. The van der Waals surface area contributed by atoms with Crippen LogP contribution in [0.2, 0.25) is 0 Å². The zero-order valence-electron chi connectivity index (χ0n) is 10.2. The van der Waals surface area contributed by atoms with Crippen molar-refractivity contribution >= 4 is 28.8 Å². The third-order valence-electron chi connectivity index (χ3n) is 3.09. The van der Waals surface area contributed by atoms with Crippen LogP contribution in [-0.2, 0) is 6.42 Å². The third kappa shape index (κ3) is 3.02. The minimum Gasteiger partial charge on any atom is -0.339 e. The van der Waals surface area contributed by atoms with E-state index in [2.05, 4.69) is 6.92 Å². The van der Waals surface area contributed by atoms with Crippen molar-refractivity contribution in [2.45, 2.75) is 32.6 Å². The van der Waals surface area contributed by atoms with Crippen LogP contribution in [0, 0.1) is 6.92 Å². The highest BCUT2D eigenvalue weighted by Crippen LogP contribution is 2.27. The second-order valence-electron chi connectivity index (χ2n) is 4.49. The lowest BCUT2D eigenvalue weighted by Crippen LogP contribution is -2.31. The smallest absolute Gasteiger partial charge is 0.254 e. The van der Waals surface area contributed by atoms with E-state index < -0.39 is 0 Å². The number of alkyl halides is 1. The minimum absolute atomic E-state index is 0.219. The molecule has 2 nitrogen and oxygen atoms in total. The van der Waals surface area contributed by atoms with E-state index in [9.17, 15) is 4.79 Å². The SMILES string of the molecule is Cc1cc2c(s1)CCCN(CCCCCl)C2=O. The molecule has 0 saturated carbocycles. The Bertz CT molecular complexity index is 402. The van der Waals surface area contributed by atoms with Crippen LogP contribution in [-0.4, -0.2) is 29.8 Å². The molecule has 0 atom stereocenters. The number of amides is 1. The molecule has 2 heterocycles. The van der Waals surface area contributed by atoms with E-state index in [4.69, 9.17) is 11.6 Å². The van der Waals surface area contributed by atoms with E-state index in [-0.39, 0.29) is 5.91 Å². The summed E-state index contributed by atoms with van der Waals surface area (Å²) in [5, 5.41) is 0. The lowest BCUT2D eigenvalue weighted by molar-refractivity contribution is 0.0759. The van der Waals surface area contributed by atoms with E-state index >= 15 is 0 Å². The maximum absolute atomic E-state index is 12.3. The Balaban J connectivity index is 2.08. The quantitative estimate of drug-likeness (QED) is 0.607. The van der Waals surface area contributed by atoms with Gasteiger partial charge in [-0.1, -0.05) is 0 Å². The van der Waals surface area contributed by atoms with Crippen LogP contribution < -0.4 is 0 Å². The van der Waals surface area contributed by atoms with Gasteiger partial charge in [-0.25, -0.2) is 0 Å². The Morgan fingerprint density at radius 2 is 2.29 bits per heavy atom. The number of carbonyl (C=O) groups excluding carboxylic acids is 1. The van der Waals surface area contributed by atoms with Gasteiger partial charge in [0.15, 0.2) is 0 Å². The van der Waals surface area contributed by atoms with Crippen LogP contribution in [0.3, 0.4) is 0 Å². The normalized spacial score (nSPS) is 15.9. The number of fused-ring (bicyclic) bond motifs is 1. The van der Waals surface area contributed by atoms with Gasteiger partial charge < -0.3 is 4.90 Å². The zero-order chi connectivity index (χ0) is 12.3. The molecular formula is C13H18ClNOS. The van der Waals surface area contributed by atoms with Crippen molar-refractivity contribution in [3.8, 4) is 0 Å². The van der Waals surface area contributed by atoms with E-state index in [0.717, 1.165) is 44.3 Å². The Labute approximate surface area is 112 Å². The van der Waals surface area contributed by atoms with Gasteiger partial charge in [0.05, 0.1) is 5.56 Å². The van der Waals surface area contributed by atoms with Gasteiger partial charge >= 0.3 is 0 Å². The molecule has 17 heavy (non-hydrogen) atoms. The second-order valence-corrected chi connectivity index (χ2v) is 6.20. The molecule has 1 aromatic rings. The molecule has 0 fully saturated rings. The summed E-state index contributed by atoms with van der Waals surface area (Å²) < 4.78 is 0. The molecular weight excluding hydrogens is 254 g/mol. The number of carbonyl (C=O) groups is 1. The molecule has 0 N–H and O–H groups in total. The summed E-state index contributed by atoms with van der Waals surface area (Å²) >= 11 is 7.44. The maximum Gasteiger partial charge on any atom is 0.254 e. The number of hydrogen-bond acceptors (Lipinski definition) is 2. The van der Waals surface area contributed by atoms with Crippen molar-refractivity contribution in [3.63, 3.8) is 0 Å². The number of unbranched alkanes of at least 4 members (excludes halogenated alkanes) is 1. The molecule has 0 aliphatic carbocycles. The summed E-state index contributed by atoms with van der Waals surface area (Å²) in [7, 11) is 0. The molecule has 0 unspecified atom stereocenters. The first-order valence-electron chi connectivity index (χ1n) is 6.17. The van der Waals surface area contributed by atoms with E-state index in [1.54, 1.807) is 11.3 Å². The monoisotopic (exact) mass is 271 g/mol. The Hall–Kier alpha value is -0.540. The first-order valence-corrected chi connectivity index (χ1v) is 7.52. The number of hydrogen-bond donors (Lipinski definition) is 0. The molecule has 0 radical (unpaired) electrons. The maximum atomic E-state index is 12.3. The van der Waals surface area contributed by atoms with Crippen LogP contribution >= 0.6 is 22.9 Å². The van der Waals surface area contributed by atoms with E-state index in [0.29, 0.717) is 5.88 Å². The predicted molar refractivity (Wildman–Crippen MR) is 73.2 cm³/mol. The van der Waals surface area contributed by atoms with Gasteiger partial charge in [-0.05, 0) is 38.7 Å². The fourth-order valence-electron chi connectivity index (χ4n) is 2.24. The Morgan fingerprint density at radius 3 is 3.06 bits per heavy atom. The van der Waals surface area contributed by atoms with Gasteiger partial charge in [-0.3, -0.25) is 4.79 Å². The molecule has 1 aliphatic rings. The third-order valence-corrected chi connectivity index (χ3v) is 4.47. The number of aryl methyl sites for hydroxylation is 2. The van der Waals surface area contributed by atoms with Crippen LogP contribution in [0.25, 0.3) is 0 Å². The van der Waals surface area contributed by atoms with Gasteiger partial charge in [-0.15, -0.1) is 22.9 Å². The van der Waals surface area contributed by atoms with E-state index in [1.807, 2.05) is 11.0 Å². The highest BCUT2D eigenvalue weighted by Gasteiger charge is 2.23. The highest BCUT2D eigenvalue weighted by molar-refractivity contribution is 7.12. The van der Waals surface area contributed by atoms with Crippen LogP contribution in [0.15, 0.2) is 6.07 Å².